The second kappa shape index (κ2) is 7.43. The summed E-state index contributed by atoms with van der Waals surface area (Å²) in [5.74, 6) is -1.03. The number of anilines is 1. The number of rotatable bonds is 4. The summed E-state index contributed by atoms with van der Waals surface area (Å²) < 4.78 is 4.68. The first-order chi connectivity index (χ1) is 12.1. The van der Waals surface area contributed by atoms with Crippen molar-refractivity contribution in [1.82, 2.24) is 9.88 Å². The maximum atomic E-state index is 12.8. The lowest BCUT2D eigenvalue weighted by atomic mass is 10.1. The molecule has 1 saturated heterocycles. The number of thiazole rings is 1. The average molecular weight is 359 g/mol. The minimum absolute atomic E-state index is 0.245. The molecule has 130 valence electrons. The summed E-state index contributed by atoms with van der Waals surface area (Å²) in [4.78, 5) is 42.5. The molecular weight excluding hydrogens is 342 g/mol. The fourth-order valence-corrected chi connectivity index (χ4v) is 3.35. The van der Waals surface area contributed by atoms with Crippen molar-refractivity contribution in [2.75, 3.05) is 19.0 Å². The number of carbonyl (C=O) groups is 3. The van der Waals surface area contributed by atoms with Gasteiger partial charge in [-0.15, -0.1) is 11.3 Å². The molecule has 7 nitrogen and oxygen atoms in total. The highest BCUT2D eigenvalue weighted by Crippen LogP contribution is 2.23. The standard InChI is InChI=1S/C17H17N3O4S/c1-24-16(23)12-5-2-4-11(10-12)15(22)20-8-3-6-13(20)14(21)19-17-18-7-9-25-17/h2,4-5,7,9-10,13H,3,6,8H2,1H3,(H,18,19,21). The molecule has 2 aromatic rings. The topological polar surface area (TPSA) is 88.6 Å². The molecule has 1 fully saturated rings. The van der Waals surface area contributed by atoms with E-state index >= 15 is 0 Å². The predicted octanol–water partition coefficient (Wildman–Crippen LogP) is 2.17. The number of methoxy groups -OCH3 is 1. The van der Waals surface area contributed by atoms with Gasteiger partial charge in [-0.3, -0.25) is 9.59 Å². The maximum Gasteiger partial charge on any atom is 0.337 e. The fraction of sp³-hybridized carbons (Fsp3) is 0.294. The second-order valence-corrected chi connectivity index (χ2v) is 6.45. The van der Waals surface area contributed by atoms with Gasteiger partial charge in [-0.1, -0.05) is 6.07 Å². The number of likely N-dealkylation sites (tertiary alicyclic amines) is 1. The van der Waals surface area contributed by atoms with Gasteiger partial charge in [0.05, 0.1) is 12.7 Å². The molecule has 1 aromatic carbocycles. The number of hydrogen-bond donors (Lipinski definition) is 1. The van der Waals surface area contributed by atoms with Crippen molar-refractivity contribution in [3.8, 4) is 0 Å². The van der Waals surface area contributed by atoms with Crippen LogP contribution >= 0.6 is 11.3 Å². The third-order valence-corrected chi connectivity index (χ3v) is 4.70. The van der Waals surface area contributed by atoms with E-state index in [1.54, 1.807) is 34.7 Å². The van der Waals surface area contributed by atoms with Gasteiger partial charge in [-0.2, -0.15) is 0 Å². The van der Waals surface area contributed by atoms with E-state index in [0.717, 1.165) is 6.42 Å². The normalized spacial score (nSPS) is 16.5. The predicted molar refractivity (Wildman–Crippen MR) is 92.6 cm³/mol. The van der Waals surface area contributed by atoms with Gasteiger partial charge in [-0.05, 0) is 31.0 Å². The van der Waals surface area contributed by atoms with Gasteiger partial charge in [-0.25, -0.2) is 9.78 Å². The molecule has 1 atom stereocenters. The molecule has 1 aliphatic heterocycles. The number of nitrogens with one attached hydrogen (secondary N) is 1. The van der Waals surface area contributed by atoms with Crippen LogP contribution < -0.4 is 5.32 Å². The zero-order valence-corrected chi connectivity index (χ0v) is 14.4. The van der Waals surface area contributed by atoms with E-state index in [-0.39, 0.29) is 11.8 Å². The molecule has 8 heteroatoms. The Morgan fingerprint density at radius 2 is 2.12 bits per heavy atom. The largest absolute Gasteiger partial charge is 0.465 e. The van der Waals surface area contributed by atoms with E-state index in [4.69, 9.17) is 0 Å². The molecule has 0 saturated carbocycles. The van der Waals surface area contributed by atoms with Crippen molar-refractivity contribution < 1.29 is 19.1 Å². The van der Waals surface area contributed by atoms with Crippen molar-refractivity contribution >= 4 is 34.3 Å². The number of carbonyl (C=O) groups excluding carboxylic acids is 3. The van der Waals surface area contributed by atoms with Crippen molar-refractivity contribution in [3.63, 3.8) is 0 Å². The third kappa shape index (κ3) is 3.69. The Bertz CT molecular complexity index is 791. The van der Waals surface area contributed by atoms with E-state index in [2.05, 4.69) is 15.0 Å². The van der Waals surface area contributed by atoms with Crippen LogP contribution in [0.5, 0.6) is 0 Å². The van der Waals surface area contributed by atoms with Crippen LogP contribution in [0.25, 0.3) is 0 Å². The van der Waals surface area contributed by atoms with E-state index in [0.29, 0.717) is 29.2 Å². The van der Waals surface area contributed by atoms with E-state index < -0.39 is 12.0 Å². The average Bonchev–Trinajstić information content (AvgIpc) is 3.32. The number of benzene rings is 1. The minimum atomic E-state index is -0.543. The van der Waals surface area contributed by atoms with E-state index in [1.807, 2.05) is 0 Å². The molecule has 1 aliphatic rings. The summed E-state index contributed by atoms with van der Waals surface area (Å²) in [5.41, 5.74) is 0.660. The zero-order valence-electron chi connectivity index (χ0n) is 13.6. The molecule has 0 bridgehead atoms. The smallest absolute Gasteiger partial charge is 0.337 e. The third-order valence-electron chi connectivity index (χ3n) is 4.01. The molecule has 0 aliphatic carbocycles. The van der Waals surface area contributed by atoms with Crippen molar-refractivity contribution in [2.45, 2.75) is 18.9 Å². The van der Waals surface area contributed by atoms with Gasteiger partial charge in [0.2, 0.25) is 5.91 Å². The van der Waals surface area contributed by atoms with Gasteiger partial charge in [0.25, 0.3) is 5.91 Å². The number of nitrogens with zero attached hydrogens (tertiary/aromatic N) is 2. The molecule has 3 rings (SSSR count). The highest BCUT2D eigenvalue weighted by molar-refractivity contribution is 7.13. The van der Waals surface area contributed by atoms with Crippen LogP contribution in [0.2, 0.25) is 0 Å². The second-order valence-electron chi connectivity index (χ2n) is 5.56. The monoisotopic (exact) mass is 359 g/mol. The first kappa shape index (κ1) is 17.1. The Kier molecular flexibility index (Phi) is 5.08. The Hall–Kier alpha value is -2.74. The van der Waals surface area contributed by atoms with Crippen LogP contribution in [0.4, 0.5) is 5.13 Å². The lowest BCUT2D eigenvalue weighted by Gasteiger charge is -2.23. The number of hydrogen-bond acceptors (Lipinski definition) is 6. The summed E-state index contributed by atoms with van der Waals surface area (Å²) in [6, 6.07) is 5.78. The summed E-state index contributed by atoms with van der Waals surface area (Å²) >= 11 is 1.33. The van der Waals surface area contributed by atoms with Crippen LogP contribution in [0.3, 0.4) is 0 Å². The molecule has 1 aromatic heterocycles. The minimum Gasteiger partial charge on any atom is -0.465 e. The Morgan fingerprint density at radius 1 is 1.32 bits per heavy atom. The van der Waals surface area contributed by atoms with Crippen LogP contribution in [0.1, 0.15) is 33.6 Å². The van der Waals surface area contributed by atoms with Crippen molar-refractivity contribution in [3.05, 3.63) is 47.0 Å². The number of aromatic nitrogens is 1. The molecule has 0 radical (unpaired) electrons. The lowest BCUT2D eigenvalue weighted by Crippen LogP contribution is -2.43. The first-order valence-electron chi connectivity index (χ1n) is 7.80. The molecule has 1 unspecified atom stereocenters. The van der Waals surface area contributed by atoms with Crippen molar-refractivity contribution in [1.29, 1.82) is 0 Å². The van der Waals surface area contributed by atoms with Crippen LogP contribution in [0, 0.1) is 0 Å². The quantitative estimate of drug-likeness (QED) is 0.845. The highest BCUT2D eigenvalue weighted by atomic mass is 32.1. The molecular formula is C17H17N3O4S. The fourth-order valence-electron chi connectivity index (χ4n) is 2.82. The zero-order chi connectivity index (χ0) is 17.8. The van der Waals surface area contributed by atoms with Gasteiger partial charge in [0.1, 0.15) is 6.04 Å². The molecule has 2 heterocycles. The van der Waals surface area contributed by atoms with Crippen molar-refractivity contribution in [2.24, 2.45) is 0 Å². The number of amides is 2. The Labute approximate surface area is 148 Å². The summed E-state index contributed by atoms with van der Waals surface area (Å²) in [7, 11) is 1.29. The maximum absolute atomic E-state index is 12.8. The van der Waals surface area contributed by atoms with Gasteiger partial charge >= 0.3 is 5.97 Å². The van der Waals surface area contributed by atoms with Crippen LogP contribution in [-0.2, 0) is 9.53 Å². The molecule has 25 heavy (non-hydrogen) atoms. The van der Waals surface area contributed by atoms with Crippen LogP contribution in [0.15, 0.2) is 35.8 Å². The van der Waals surface area contributed by atoms with Gasteiger partial charge in [0.15, 0.2) is 5.13 Å². The van der Waals surface area contributed by atoms with E-state index in [1.165, 1.54) is 24.5 Å². The Morgan fingerprint density at radius 3 is 2.84 bits per heavy atom. The lowest BCUT2D eigenvalue weighted by molar-refractivity contribution is -0.119. The molecule has 0 spiro atoms. The first-order valence-corrected chi connectivity index (χ1v) is 8.68. The van der Waals surface area contributed by atoms with Crippen LogP contribution in [-0.4, -0.2) is 47.4 Å². The summed E-state index contributed by atoms with van der Waals surface area (Å²) in [5, 5.41) is 5.02. The summed E-state index contributed by atoms with van der Waals surface area (Å²) in [6.07, 6.45) is 2.95. The number of ether oxygens (including phenoxy) is 1. The molecule has 1 N–H and O–H groups in total. The number of esters is 1. The Balaban J connectivity index is 1.76. The summed E-state index contributed by atoms with van der Waals surface area (Å²) in [6.45, 7) is 0.497. The SMILES string of the molecule is COC(=O)c1cccc(C(=O)N2CCCC2C(=O)Nc2nccs2)c1. The van der Waals surface area contributed by atoms with E-state index in [9.17, 15) is 14.4 Å². The molecule has 2 amide bonds. The van der Waals surface area contributed by atoms with Gasteiger partial charge < -0.3 is 15.0 Å². The van der Waals surface area contributed by atoms with Gasteiger partial charge in [0, 0.05) is 23.7 Å². The highest BCUT2D eigenvalue weighted by Gasteiger charge is 2.35.